The monoisotopic (exact) mass is 405 g/mol. The Morgan fingerprint density at radius 3 is 2.58 bits per heavy atom. The van der Waals surface area contributed by atoms with Crippen LogP contribution < -0.4 is 5.32 Å². The van der Waals surface area contributed by atoms with Crippen LogP contribution in [0.1, 0.15) is 11.1 Å². The molecule has 0 fully saturated rings. The van der Waals surface area contributed by atoms with Crippen molar-refractivity contribution < 1.29 is 4.39 Å². The molecule has 2 aromatic carbocycles. The first-order valence-electron chi connectivity index (χ1n) is 5.61. The third-order valence-electron chi connectivity index (χ3n) is 2.73. The van der Waals surface area contributed by atoms with Gasteiger partial charge in [0.25, 0.3) is 0 Å². The molecule has 0 radical (unpaired) electrons. The van der Waals surface area contributed by atoms with E-state index in [0.717, 1.165) is 21.3 Å². The van der Waals surface area contributed by atoms with Crippen LogP contribution in [0.2, 0.25) is 5.02 Å². The van der Waals surface area contributed by atoms with E-state index in [1.807, 2.05) is 25.1 Å². The van der Waals surface area contributed by atoms with Crippen LogP contribution in [-0.2, 0) is 6.54 Å². The molecule has 19 heavy (non-hydrogen) atoms. The topological polar surface area (TPSA) is 12.0 Å². The van der Waals surface area contributed by atoms with E-state index >= 15 is 0 Å². The summed E-state index contributed by atoms with van der Waals surface area (Å²) in [6.07, 6.45) is 0. The molecule has 0 spiro atoms. The second kappa shape index (κ2) is 6.25. The number of benzene rings is 2. The molecular formula is C14H11Br2ClFN. The summed E-state index contributed by atoms with van der Waals surface area (Å²) in [5.41, 5.74) is 2.80. The Labute approximate surface area is 133 Å². The number of rotatable bonds is 3. The lowest BCUT2D eigenvalue weighted by Gasteiger charge is -2.11. The minimum absolute atomic E-state index is 0.276. The highest BCUT2D eigenvalue weighted by atomic mass is 79.9. The molecule has 0 unspecified atom stereocenters. The number of aryl methyl sites for hydroxylation is 1. The SMILES string of the molecule is Cc1cc(Br)c(F)cc1NCc1ccc(Br)c(Cl)c1. The molecule has 0 bridgehead atoms. The lowest BCUT2D eigenvalue weighted by atomic mass is 10.1. The summed E-state index contributed by atoms with van der Waals surface area (Å²) in [5, 5.41) is 3.87. The molecule has 0 aromatic heterocycles. The minimum Gasteiger partial charge on any atom is -0.381 e. The van der Waals surface area contributed by atoms with Crippen LogP contribution in [0.15, 0.2) is 39.3 Å². The predicted molar refractivity (Wildman–Crippen MR) is 85.3 cm³/mol. The number of hydrogen-bond donors (Lipinski definition) is 1. The van der Waals surface area contributed by atoms with Crippen LogP contribution in [0.5, 0.6) is 0 Å². The van der Waals surface area contributed by atoms with Gasteiger partial charge in [0.05, 0.1) is 9.50 Å². The minimum atomic E-state index is -0.276. The van der Waals surface area contributed by atoms with Gasteiger partial charge in [0, 0.05) is 16.7 Å². The fraction of sp³-hybridized carbons (Fsp3) is 0.143. The van der Waals surface area contributed by atoms with Gasteiger partial charge in [-0.05, 0) is 74.2 Å². The van der Waals surface area contributed by atoms with Crippen molar-refractivity contribution in [2.75, 3.05) is 5.32 Å². The average Bonchev–Trinajstić information content (AvgIpc) is 2.36. The Hall–Kier alpha value is -0.580. The largest absolute Gasteiger partial charge is 0.381 e. The Kier molecular flexibility index (Phi) is 4.87. The maximum atomic E-state index is 13.5. The zero-order chi connectivity index (χ0) is 14.0. The second-order valence-corrected chi connectivity index (χ2v) is 6.30. The lowest BCUT2D eigenvalue weighted by molar-refractivity contribution is 0.621. The van der Waals surface area contributed by atoms with Gasteiger partial charge in [-0.1, -0.05) is 17.7 Å². The van der Waals surface area contributed by atoms with E-state index in [9.17, 15) is 4.39 Å². The summed E-state index contributed by atoms with van der Waals surface area (Å²) in [5.74, 6) is -0.276. The molecule has 100 valence electrons. The molecule has 1 N–H and O–H groups in total. The summed E-state index contributed by atoms with van der Waals surface area (Å²) >= 11 is 12.5. The van der Waals surface area contributed by atoms with Gasteiger partial charge in [-0.15, -0.1) is 0 Å². The molecule has 0 aliphatic heterocycles. The third-order valence-corrected chi connectivity index (χ3v) is 4.57. The van der Waals surface area contributed by atoms with E-state index in [-0.39, 0.29) is 5.82 Å². The van der Waals surface area contributed by atoms with Crippen molar-refractivity contribution in [2.24, 2.45) is 0 Å². The molecule has 2 rings (SSSR count). The van der Waals surface area contributed by atoms with Gasteiger partial charge >= 0.3 is 0 Å². The first-order chi connectivity index (χ1) is 8.97. The summed E-state index contributed by atoms with van der Waals surface area (Å²) in [4.78, 5) is 0. The van der Waals surface area contributed by atoms with Gasteiger partial charge in [-0.3, -0.25) is 0 Å². The van der Waals surface area contributed by atoms with E-state index in [1.54, 1.807) is 6.07 Å². The van der Waals surface area contributed by atoms with Crippen molar-refractivity contribution in [2.45, 2.75) is 13.5 Å². The molecule has 0 atom stereocenters. The van der Waals surface area contributed by atoms with Gasteiger partial charge in [0.2, 0.25) is 0 Å². The van der Waals surface area contributed by atoms with Crippen LogP contribution >= 0.6 is 43.5 Å². The van der Waals surface area contributed by atoms with Gasteiger partial charge in [-0.25, -0.2) is 4.39 Å². The average molecular weight is 408 g/mol. The molecule has 0 aliphatic rings. The van der Waals surface area contributed by atoms with E-state index in [1.165, 1.54) is 6.07 Å². The molecular weight excluding hydrogens is 396 g/mol. The van der Waals surface area contributed by atoms with Crippen LogP contribution in [0.3, 0.4) is 0 Å². The molecule has 0 amide bonds. The van der Waals surface area contributed by atoms with Crippen molar-refractivity contribution in [3.63, 3.8) is 0 Å². The highest BCUT2D eigenvalue weighted by Gasteiger charge is 2.05. The molecule has 0 saturated carbocycles. The Morgan fingerprint density at radius 2 is 1.89 bits per heavy atom. The normalized spacial score (nSPS) is 10.6. The number of nitrogens with one attached hydrogen (secondary N) is 1. The van der Waals surface area contributed by atoms with Crippen LogP contribution in [0.25, 0.3) is 0 Å². The summed E-state index contributed by atoms with van der Waals surface area (Å²) in [6.45, 7) is 2.52. The lowest BCUT2D eigenvalue weighted by Crippen LogP contribution is -2.02. The zero-order valence-corrected chi connectivity index (χ0v) is 14.0. The van der Waals surface area contributed by atoms with Crippen LogP contribution in [0.4, 0.5) is 10.1 Å². The molecule has 5 heteroatoms. The van der Waals surface area contributed by atoms with E-state index in [2.05, 4.69) is 37.2 Å². The smallest absolute Gasteiger partial charge is 0.139 e. The molecule has 0 saturated heterocycles. The highest BCUT2D eigenvalue weighted by molar-refractivity contribution is 9.10. The van der Waals surface area contributed by atoms with E-state index < -0.39 is 0 Å². The van der Waals surface area contributed by atoms with Gasteiger partial charge in [-0.2, -0.15) is 0 Å². The van der Waals surface area contributed by atoms with Crippen molar-refractivity contribution in [3.8, 4) is 0 Å². The quantitative estimate of drug-likeness (QED) is 0.665. The molecule has 0 heterocycles. The highest BCUT2D eigenvalue weighted by Crippen LogP contribution is 2.26. The fourth-order valence-corrected chi connectivity index (χ4v) is 2.59. The maximum absolute atomic E-state index is 13.5. The number of halogens is 4. The van der Waals surface area contributed by atoms with E-state index in [0.29, 0.717) is 16.0 Å². The summed E-state index contributed by atoms with van der Waals surface area (Å²) in [6, 6.07) is 8.98. The molecule has 2 aromatic rings. The van der Waals surface area contributed by atoms with Crippen molar-refractivity contribution in [1.29, 1.82) is 0 Å². The Bertz CT molecular complexity index is 617. The second-order valence-electron chi connectivity index (χ2n) is 4.18. The Morgan fingerprint density at radius 1 is 1.16 bits per heavy atom. The number of hydrogen-bond acceptors (Lipinski definition) is 1. The van der Waals surface area contributed by atoms with Crippen molar-refractivity contribution in [1.82, 2.24) is 0 Å². The maximum Gasteiger partial charge on any atom is 0.139 e. The van der Waals surface area contributed by atoms with Gasteiger partial charge in [0.15, 0.2) is 0 Å². The molecule has 0 aliphatic carbocycles. The zero-order valence-electron chi connectivity index (χ0n) is 10.1. The Balaban J connectivity index is 2.14. The van der Waals surface area contributed by atoms with Crippen LogP contribution in [-0.4, -0.2) is 0 Å². The predicted octanol–water partition coefficient (Wildman–Crippen LogP) is 5.92. The van der Waals surface area contributed by atoms with Gasteiger partial charge < -0.3 is 5.32 Å². The van der Waals surface area contributed by atoms with Crippen molar-refractivity contribution in [3.05, 3.63) is 61.2 Å². The third kappa shape index (κ3) is 3.71. The molecule has 1 nitrogen and oxygen atoms in total. The first-order valence-corrected chi connectivity index (χ1v) is 7.57. The van der Waals surface area contributed by atoms with Gasteiger partial charge in [0.1, 0.15) is 5.82 Å². The standard InChI is InChI=1S/C14H11Br2ClFN/c1-8-4-11(16)13(18)6-14(8)19-7-9-2-3-10(15)12(17)5-9/h2-6,19H,7H2,1H3. The van der Waals surface area contributed by atoms with E-state index in [4.69, 9.17) is 11.6 Å². The first kappa shape index (κ1) is 14.8. The summed E-state index contributed by atoms with van der Waals surface area (Å²) < 4.78 is 14.8. The van der Waals surface area contributed by atoms with Crippen molar-refractivity contribution >= 4 is 49.1 Å². The number of anilines is 1. The summed E-state index contributed by atoms with van der Waals surface area (Å²) in [7, 11) is 0. The fourth-order valence-electron chi connectivity index (χ4n) is 1.68. The van der Waals surface area contributed by atoms with Crippen LogP contribution in [0, 0.1) is 12.7 Å².